The Balaban J connectivity index is 3.62. The Hall–Kier alpha value is -1.43. The van der Waals surface area contributed by atoms with E-state index in [9.17, 15) is 20.1 Å². The van der Waals surface area contributed by atoms with Gasteiger partial charge in [-0.2, -0.15) is 0 Å². The lowest BCUT2D eigenvalue weighted by molar-refractivity contribution is -0.124. The van der Waals surface area contributed by atoms with Gasteiger partial charge in [0.1, 0.15) is 6.10 Å². The molecular weight excluding hydrogens is 655 g/mol. The lowest BCUT2D eigenvalue weighted by Crippen LogP contribution is -2.50. The summed E-state index contributed by atoms with van der Waals surface area (Å²) in [7, 11) is 0. The molecule has 0 aliphatic heterocycles. The lowest BCUT2D eigenvalue weighted by Gasteiger charge is -2.26. The van der Waals surface area contributed by atoms with E-state index in [2.05, 4.69) is 55.6 Å². The molecular formula is C48H91NO4. The van der Waals surface area contributed by atoms with Crippen LogP contribution < -0.4 is 5.32 Å². The van der Waals surface area contributed by atoms with Gasteiger partial charge in [-0.25, -0.2) is 0 Å². The number of nitrogens with one attached hydrogen (secondary N) is 1. The fraction of sp³-hybridized carbons (Fsp3) is 0.854. The smallest absolute Gasteiger partial charge is 0.220 e. The highest BCUT2D eigenvalue weighted by Crippen LogP contribution is 2.16. The molecule has 3 atom stereocenters. The van der Waals surface area contributed by atoms with Gasteiger partial charge in [-0.1, -0.05) is 204 Å². The molecule has 0 rings (SSSR count). The molecule has 312 valence electrons. The van der Waals surface area contributed by atoms with Gasteiger partial charge in [0, 0.05) is 6.42 Å². The van der Waals surface area contributed by atoms with Crippen molar-refractivity contribution in [3.8, 4) is 0 Å². The Morgan fingerprint density at radius 2 is 0.868 bits per heavy atom. The SMILES string of the molecule is CC/C=C\C/C=C\CCCCCCCCCCCCCCCCC(=O)NC(CO)C(O)C(O)CCC/C=C/CCCCCCCCCCCCCCC. The molecule has 0 aliphatic carbocycles. The number of aliphatic hydroxyl groups is 3. The Morgan fingerprint density at radius 3 is 1.30 bits per heavy atom. The van der Waals surface area contributed by atoms with E-state index >= 15 is 0 Å². The molecule has 0 saturated heterocycles. The van der Waals surface area contributed by atoms with Gasteiger partial charge in [-0.05, 0) is 64.2 Å². The Bertz CT molecular complexity index is 824. The van der Waals surface area contributed by atoms with Crippen LogP contribution in [-0.2, 0) is 4.79 Å². The maximum atomic E-state index is 12.4. The Labute approximate surface area is 330 Å². The summed E-state index contributed by atoms with van der Waals surface area (Å²) in [5, 5.41) is 33.6. The van der Waals surface area contributed by atoms with E-state index in [1.807, 2.05) is 0 Å². The first-order chi connectivity index (χ1) is 26.1. The monoisotopic (exact) mass is 746 g/mol. The lowest BCUT2D eigenvalue weighted by atomic mass is 10.0. The zero-order valence-corrected chi connectivity index (χ0v) is 35.4. The van der Waals surface area contributed by atoms with Crippen molar-refractivity contribution in [3.63, 3.8) is 0 Å². The number of rotatable bonds is 42. The van der Waals surface area contributed by atoms with Crippen LogP contribution in [-0.4, -0.2) is 46.1 Å². The van der Waals surface area contributed by atoms with Crippen LogP contribution in [0.15, 0.2) is 36.5 Å². The van der Waals surface area contributed by atoms with Gasteiger partial charge in [0.25, 0.3) is 0 Å². The number of hydrogen-bond donors (Lipinski definition) is 4. The standard InChI is InChI=1S/C48H91NO4/c1-3-5-7-9-11-13-15-17-19-21-23-24-25-27-29-31-33-35-37-39-41-43-47(52)49-45(44-50)48(53)46(51)42-40-38-36-34-32-30-28-26-22-20-18-16-14-12-10-8-6-4-2/h5,7,11,13,34,36,45-46,48,50-51,53H,3-4,6,8-10,12,14-33,35,37-44H2,1-2H3,(H,49,52)/b7-5-,13-11-,36-34+. The third kappa shape index (κ3) is 38.6. The van der Waals surface area contributed by atoms with Gasteiger partial charge >= 0.3 is 0 Å². The first-order valence-electron chi connectivity index (χ1n) is 23.3. The first-order valence-corrected chi connectivity index (χ1v) is 23.3. The van der Waals surface area contributed by atoms with Crippen LogP contribution in [0.1, 0.15) is 239 Å². The minimum Gasteiger partial charge on any atom is -0.394 e. The normalized spacial score (nSPS) is 13.8. The number of unbranched alkanes of at least 4 members (excludes halogenated alkanes) is 28. The summed E-state index contributed by atoms with van der Waals surface area (Å²) in [5.74, 6) is -0.154. The van der Waals surface area contributed by atoms with Gasteiger partial charge in [-0.15, -0.1) is 0 Å². The third-order valence-electron chi connectivity index (χ3n) is 10.7. The summed E-state index contributed by atoms with van der Waals surface area (Å²) in [5.41, 5.74) is 0. The summed E-state index contributed by atoms with van der Waals surface area (Å²) >= 11 is 0. The molecule has 1 amide bonds. The van der Waals surface area contributed by atoms with Gasteiger partial charge < -0.3 is 20.6 Å². The fourth-order valence-electron chi connectivity index (χ4n) is 7.14. The second kappa shape index (κ2) is 43.3. The molecule has 3 unspecified atom stereocenters. The molecule has 0 heterocycles. The van der Waals surface area contributed by atoms with Crippen molar-refractivity contribution < 1.29 is 20.1 Å². The van der Waals surface area contributed by atoms with E-state index in [0.717, 1.165) is 51.4 Å². The number of carbonyl (C=O) groups excluding carboxylic acids is 1. The molecule has 0 saturated carbocycles. The number of amides is 1. The van der Waals surface area contributed by atoms with E-state index in [-0.39, 0.29) is 12.5 Å². The molecule has 0 aromatic heterocycles. The minimum absolute atomic E-state index is 0.154. The van der Waals surface area contributed by atoms with Crippen molar-refractivity contribution in [1.82, 2.24) is 5.32 Å². The van der Waals surface area contributed by atoms with Crippen molar-refractivity contribution in [1.29, 1.82) is 0 Å². The highest BCUT2D eigenvalue weighted by atomic mass is 16.3. The number of allylic oxidation sites excluding steroid dienone is 6. The molecule has 0 aromatic rings. The zero-order chi connectivity index (χ0) is 38.7. The molecule has 4 N–H and O–H groups in total. The zero-order valence-electron chi connectivity index (χ0n) is 35.4. The van der Waals surface area contributed by atoms with Crippen LogP contribution in [0.4, 0.5) is 0 Å². The van der Waals surface area contributed by atoms with Crippen LogP contribution in [0.5, 0.6) is 0 Å². The quantitative estimate of drug-likeness (QED) is 0.0370. The average Bonchev–Trinajstić information content (AvgIpc) is 3.16. The van der Waals surface area contributed by atoms with Crippen LogP contribution >= 0.6 is 0 Å². The summed E-state index contributed by atoms with van der Waals surface area (Å²) in [6, 6.07) is -0.825. The topological polar surface area (TPSA) is 89.8 Å². The van der Waals surface area contributed by atoms with Crippen LogP contribution in [0, 0.1) is 0 Å². The molecule has 0 aromatic carbocycles. The van der Waals surface area contributed by atoms with Gasteiger partial charge in [0.05, 0.1) is 18.8 Å². The van der Waals surface area contributed by atoms with Gasteiger partial charge in [0.15, 0.2) is 0 Å². The van der Waals surface area contributed by atoms with Crippen LogP contribution in [0.3, 0.4) is 0 Å². The fourth-order valence-corrected chi connectivity index (χ4v) is 7.14. The Morgan fingerprint density at radius 1 is 0.491 bits per heavy atom. The van der Waals surface area contributed by atoms with Gasteiger partial charge in [-0.3, -0.25) is 4.79 Å². The van der Waals surface area contributed by atoms with Crippen LogP contribution in [0.25, 0.3) is 0 Å². The second-order valence-electron chi connectivity index (χ2n) is 15.9. The highest BCUT2D eigenvalue weighted by molar-refractivity contribution is 5.76. The maximum absolute atomic E-state index is 12.4. The number of carbonyl (C=O) groups is 1. The van der Waals surface area contributed by atoms with E-state index in [1.165, 1.54) is 161 Å². The Kier molecular flexibility index (Phi) is 42.1. The van der Waals surface area contributed by atoms with E-state index in [0.29, 0.717) is 12.8 Å². The molecule has 0 aliphatic rings. The van der Waals surface area contributed by atoms with E-state index in [1.54, 1.807) is 0 Å². The van der Waals surface area contributed by atoms with Crippen LogP contribution in [0.2, 0.25) is 0 Å². The maximum Gasteiger partial charge on any atom is 0.220 e. The molecule has 0 spiro atoms. The number of hydrogen-bond acceptors (Lipinski definition) is 4. The summed E-state index contributed by atoms with van der Waals surface area (Å²) in [6.07, 6.45) is 54.0. The molecule has 5 nitrogen and oxygen atoms in total. The van der Waals surface area contributed by atoms with Gasteiger partial charge in [0.2, 0.25) is 5.91 Å². The molecule has 53 heavy (non-hydrogen) atoms. The van der Waals surface area contributed by atoms with Crippen molar-refractivity contribution >= 4 is 5.91 Å². The second-order valence-corrected chi connectivity index (χ2v) is 15.9. The predicted molar refractivity (Wildman–Crippen MR) is 231 cm³/mol. The third-order valence-corrected chi connectivity index (χ3v) is 10.7. The largest absolute Gasteiger partial charge is 0.394 e. The van der Waals surface area contributed by atoms with E-state index in [4.69, 9.17) is 0 Å². The minimum atomic E-state index is -1.16. The molecule has 0 fully saturated rings. The summed E-state index contributed by atoms with van der Waals surface area (Å²) < 4.78 is 0. The van der Waals surface area contributed by atoms with Crippen molar-refractivity contribution in [2.45, 2.75) is 257 Å². The highest BCUT2D eigenvalue weighted by Gasteiger charge is 2.26. The first kappa shape index (κ1) is 51.6. The summed E-state index contributed by atoms with van der Waals surface area (Å²) in [6.45, 7) is 4.08. The molecule has 0 radical (unpaired) electrons. The summed E-state index contributed by atoms with van der Waals surface area (Å²) in [4.78, 5) is 12.4. The van der Waals surface area contributed by atoms with Crippen molar-refractivity contribution in [2.24, 2.45) is 0 Å². The van der Waals surface area contributed by atoms with Crippen molar-refractivity contribution in [2.75, 3.05) is 6.61 Å². The van der Waals surface area contributed by atoms with E-state index < -0.39 is 18.2 Å². The number of aliphatic hydroxyl groups excluding tert-OH is 3. The molecule has 5 heteroatoms. The average molecular weight is 746 g/mol. The van der Waals surface area contributed by atoms with Crippen molar-refractivity contribution in [3.05, 3.63) is 36.5 Å². The predicted octanol–water partition coefficient (Wildman–Crippen LogP) is 13.5. The molecule has 0 bridgehead atoms.